The molecule has 33 heavy (non-hydrogen) atoms. The Kier molecular flexibility index (Phi) is 6.93. The number of aliphatic hydroxyl groups is 1. The highest BCUT2D eigenvalue weighted by molar-refractivity contribution is 6.46. The molecule has 0 aliphatic carbocycles. The monoisotopic (exact) mass is 454 g/mol. The van der Waals surface area contributed by atoms with Crippen LogP contribution in [0.3, 0.4) is 0 Å². The summed E-state index contributed by atoms with van der Waals surface area (Å²) in [6.07, 6.45) is 0. The van der Waals surface area contributed by atoms with Crippen LogP contribution in [0.4, 0.5) is 4.39 Å². The second kappa shape index (κ2) is 9.35. The van der Waals surface area contributed by atoms with Gasteiger partial charge in [0.2, 0.25) is 0 Å². The van der Waals surface area contributed by atoms with E-state index >= 15 is 0 Å². The molecule has 0 aromatic heterocycles. The number of likely N-dealkylation sites (tertiary alicyclic amines) is 1. The number of ether oxygens (including phenoxy) is 1. The molecule has 1 unspecified atom stereocenters. The van der Waals surface area contributed by atoms with Crippen LogP contribution >= 0.6 is 0 Å². The molecule has 2 aromatic carbocycles. The molecule has 1 N–H and O–H groups in total. The van der Waals surface area contributed by atoms with Crippen molar-refractivity contribution in [2.24, 2.45) is 0 Å². The van der Waals surface area contributed by atoms with Gasteiger partial charge in [0.1, 0.15) is 17.3 Å². The molecule has 176 valence electrons. The normalized spacial score (nSPS) is 18.3. The highest BCUT2D eigenvalue weighted by Crippen LogP contribution is 2.41. The fourth-order valence-corrected chi connectivity index (χ4v) is 4.04. The molecule has 1 aliphatic rings. The lowest BCUT2D eigenvalue weighted by Gasteiger charge is -2.27. The number of Topliss-reactive ketones (excluding diaryl/α,β-unsaturated/α-hetero) is 1. The minimum absolute atomic E-state index is 0.117. The standard InChI is InChI=1S/C26H31FN2O4/c1-26(2,3)18-15-16(11-12-20(18)33-6)23(30)21-22(17-9-7-8-10-19(17)27)29(14-13-28(4)5)25(32)24(21)31/h7-12,15,22,30H,13-14H2,1-6H3/b23-21+. The molecular formula is C26H31FN2O4. The van der Waals surface area contributed by atoms with E-state index in [-0.39, 0.29) is 28.9 Å². The van der Waals surface area contributed by atoms with E-state index in [1.54, 1.807) is 37.4 Å². The maximum Gasteiger partial charge on any atom is 0.295 e. The van der Waals surface area contributed by atoms with Crippen LogP contribution < -0.4 is 4.74 Å². The summed E-state index contributed by atoms with van der Waals surface area (Å²) >= 11 is 0. The maximum absolute atomic E-state index is 14.8. The molecule has 1 atom stereocenters. The molecule has 1 saturated heterocycles. The minimum atomic E-state index is -1.02. The van der Waals surface area contributed by atoms with Crippen LogP contribution in [0, 0.1) is 5.82 Å². The Morgan fingerprint density at radius 2 is 1.82 bits per heavy atom. The van der Waals surface area contributed by atoms with Gasteiger partial charge in [0.15, 0.2) is 0 Å². The lowest BCUT2D eigenvalue weighted by molar-refractivity contribution is -0.140. The Morgan fingerprint density at radius 3 is 2.39 bits per heavy atom. The van der Waals surface area contributed by atoms with Crippen molar-refractivity contribution in [2.45, 2.75) is 32.2 Å². The van der Waals surface area contributed by atoms with Gasteiger partial charge in [-0.2, -0.15) is 0 Å². The predicted molar refractivity (Wildman–Crippen MR) is 126 cm³/mol. The molecular weight excluding hydrogens is 423 g/mol. The SMILES string of the molecule is COc1ccc(/C(O)=C2\C(=O)C(=O)N(CCN(C)C)C2c2ccccc2F)cc1C(C)(C)C. The van der Waals surface area contributed by atoms with Crippen LogP contribution in [0.2, 0.25) is 0 Å². The molecule has 0 saturated carbocycles. The Balaban J connectivity index is 2.22. The van der Waals surface area contributed by atoms with Gasteiger partial charge < -0.3 is 19.6 Å². The molecule has 2 aromatic rings. The Bertz CT molecular complexity index is 1100. The van der Waals surface area contributed by atoms with E-state index in [1.165, 1.54) is 17.0 Å². The third-order valence-corrected chi connectivity index (χ3v) is 5.81. The number of hydrogen-bond donors (Lipinski definition) is 1. The van der Waals surface area contributed by atoms with Crippen molar-refractivity contribution >= 4 is 17.4 Å². The Labute approximate surface area is 194 Å². The van der Waals surface area contributed by atoms with Crippen LogP contribution in [0.15, 0.2) is 48.0 Å². The van der Waals surface area contributed by atoms with E-state index in [1.807, 2.05) is 39.8 Å². The van der Waals surface area contributed by atoms with Crippen molar-refractivity contribution in [3.63, 3.8) is 0 Å². The van der Waals surface area contributed by atoms with Gasteiger partial charge in [0, 0.05) is 29.8 Å². The van der Waals surface area contributed by atoms with E-state index in [0.717, 1.165) is 5.56 Å². The van der Waals surface area contributed by atoms with Crippen molar-refractivity contribution in [3.05, 3.63) is 70.5 Å². The van der Waals surface area contributed by atoms with Crippen LogP contribution in [0.25, 0.3) is 5.76 Å². The van der Waals surface area contributed by atoms with Crippen molar-refractivity contribution in [1.82, 2.24) is 9.80 Å². The summed E-state index contributed by atoms with van der Waals surface area (Å²) in [6, 6.07) is 10.1. The topological polar surface area (TPSA) is 70.1 Å². The van der Waals surface area contributed by atoms with Crippen LogP contribution in [0.1, 0.15) is 43.5 Å². The summed E-state index contributed by atoms with van der Waals surface area (Å²) in [7, 11) is 5.26. The lowest BCUT2D eigenvalue weighted by Crippen LogP contribution is -2.35. The number of methoxy groups -OCH3 is 1. The highest BCUT2D eigenvalue weighted by Gasteiger charge is 2.46. The molecule has 6 nitrogen and oxygen atoms in total. The van der Waals surface area contributed by atoms with E-state index in [0.29, 0.717) is 17.9 Å². The fraction of sp³-hybridized carbons (Fsp3) is 0.385. The zero-order chi connectivity index (χ0) is 24.5. The number of carbonyl (C=O) groups is 2. The average molecular weight is 455 g/mol. The molecule has 0 spiro atoms. The molecule has 1 amide bonds. The van der Waals surface area contributed by atoms with Crippen molar-refractivity contribution in [3.8, 4) is 5.75 Å². The van der Waals surface area contributed by atoms with Gasteiger partial charge in [-0.25, -0.2) is 4.39 Å². The first kappa shape index (κ1) is 24.5. The number of nitrogens with zero attached hydrogens (tertiary/aromatic N) is 2. The highest BCUT2D eigenvalue weighted by atomic mass is 19.1. The second-order valence-electron chi connectivity index (χ2n) is 9.48. The molecule has 1 fully saturated rings. The first-order valence-electron chi connectivity index (χ1n) is 10.8. The first-order valence-corrected chi connectivity index (χ1v) is 10.8. The van der Waals surface area contributed by atoms with Crippen LogP contribution in [0.5, 0.6) is 5.75 Å². The number of amides is 1. The first-order chi connectivity index (χ1) is 15.5. The zero-order valence-corrected chi connectivity index (χ0v) is 20.0. The van der Waals surface area contributed by atoms with Crippen molar-refractivity contribution < 1.29 is 23.8 Å². The summed E-state index contributed by atoms with van der Waals surface area (Å²) in [5.41, 5.74) is 0.950. The smallest absolute Gasteiger partial charge is 0.295 e. The van der Waals surface area contributed by atoms with Gasteiger partial charge in [-0.3, -0.25) is 9.59 Å². The van der Waals surface area contributed by atoms with E-state index in [4.69, 9.17) is 4.74 Å². The maximum atomic E-state index is 14.8. The summed E-state index contributed by atoms with van der Waals surface area (Å²) in [5, 5.41) is 11.3. The number of rotatable bonds is 6. The average Bonchev–Trinajstić information content (AvgIpc) is 3.01. The number of halogens is 1. The van der Waals surface area contributed by atoms with Gasteiger partial charge >= 0.3 is 0 Å². The lowest BCUT2D eigenvalue weighted by atomic mass is 9.84. The number of likely N-dealkylation sites (N-methyl/N-ethyl adjacent to an activating group) is 1. The summed E-state index contributed by atoms with van der Waals surface area (Å²) < 4.78 is 20.3. The molecule has 0 radical (unpaired) electrons. The number of benzene rings is 2. The summed E-state index contributed by atoms with van der Waals surface area (Å²) in [4.78, 5) is 29.3. The summed E-state index contributed by atoms with van der Waals surface area (Å²) in [5.74, 6) is -1.81. The zero-order valence-electron chi connectivity index (χ0n) is 20.0. The number of ketones is 1. The summed E-state index contributed by atoms with van der Waals surface area (Å²) in [6.45, 7) is 6.72. The third-order valence-electron chi connectivity index (χ3n) is 5.81. The molecule has 7 heteroatoms. The van der Waals surface area contributed by atoms with E-state index in [9.17, 15) is 19.1 Å². The molecule has 1 heterocycles. The van der Waals surface area contributed by atoms with Gasteiger partial charge in [0.05, 0.1) is 18.7 Å². The minimum Gasteiger partial charge on any atom is -0.507 e. The van der Waals surface area contributed by atoms with Gasteiger partial charge in [-0.15, -0.1) is 0 Å². The largest absolute Gasteiger partial charge is 0.507 e. The quantitative estimate of drug-likeness (QED) is 0.404. The van der Waals surface area contributed by atoms with Gasteiger partial charge in [-0.05, 0) is 43.8 Å². The molecule has 3 rings (SSSR count). The molecule has 0 bridgehead atoms. The Hall–Kier alpha value is -3.19. The predicted octanol–water partition coefficient (Wildman–Crippen LogP) is 4.12. The second-order valence-corrected chi connectivity index (χ2v) is 9.48. The van der Waals surface area contributed by atoms with Gasteiger partial charge in [0.25, 0.3) is 11.7 Å². The Morgan fingerprint density at radius 1 is 1.15 bits per heavy atom. The van der Waals surface area contributed by atoms with E-state index < -0.39 is 23.5 Å². The number of aliphatic hydroxyl groups excluding tert-OH is 1. The fourth-order valence-electron chi connectivity index (χ4n) is 4.04. The van der Waals surface area contributed by atoms with Crippen molar-refractivity contribution in [1.29, 1.82) is 0 Å². The third kappa shape index (κ3) is 4.78. The number of carbonyl (C=O) groups excluding carboxylic acids is 2. The van der Waals surface area contributed by atoms with Crippen LogP contribution in [-0.4, -0.2) is 60.9 Å². The molecule has 1 aliphatic heterocycles. The number of hydrogen-bond acceptors (Lipinski definition) is 5. The van der Waals surface area contributed by atoms with Gasteiger partial charge in [-0.1, -0.05) is 39.0 Å². The van der Waals surface area contributed by atoms with Crippen LogP contribution in [-0.2, 0) is 15.0 Å². The van der Waals surface area contributed by atoms with Crippen molar-refractivity contribution in [2.75, 3.05) is 34.3 Å². The van der Waals surface area contributed by atoms with E-state index in [2.05, 4.69) is 0 Å².